The molecule has 6 nitrogen and oxygen atoms in total. The molecule has 4 amide bonds. The first-order valence-electron chi connectivity index (χ1n) is 8.27. The van der Waals surface area contributed by atoms with E-state index in [1.54, 1.807) is 12.1 Å². The lowest BCUT2D eigenvalue weighted by molar-refractivity contribution is -0.134. The number of halogens is 2. The van der Waals surface area contributed by atoms with Gasteiger partial charge in [-0.05, 0) is 61.2 Å². The number of ether oxygens (including phenoxy) is 1. The summed E-state index contributed by atoms with van der Waals surface area (Å²) in [5, 5.41) is 0. The van der Waals surface area contributed by atoms with Crippen LogP contribution in [0.1, 0.15) is 11.1 Å². The molecule has 144 valence electrons. The first kappa shape index (κ1) is 20.3. The van der Waals surface area contributed by atoms with Crippen LogP contribution in [0.3, 0.4) is 0 Å². The minimum atomic E-state index is -0.654. The summed E-state index contributed by atoms with van der Waals surface area (Å²) in [6.07, 6.45) is 1.46. The fourth-order valence-corrected chi connectivity index (χ4v) is 4.12. The minimum Gasteiger partial charge on any atom is -0.487 e. The highest BCUT2D eigenvalue weighted by molar-refractivity contribution is 9.11. The van der Waals surface area contributed by atoms with Crippen molar-refractivity contribution in [2.75, 3.05) is 14.1 Å². The Morgan fingerprint density at radius 2 is 1.46 bits per heavy atom. The van der Waals surface area contributed by atoms with E-state index >= 15 is 0 Å². The molecular formula is C20H16Br2N2O4. The summed E-state index contributed by atoms with van der Waals surface area (Å²) in [4.78, 5) is 38.3. The topological polar surface area (TPSA) is 66.9 Å². The van der Waals surface area contributed by atoms with Crippen LogP contribution in [0.4, 0.5) is 4.79 Å². The lowest BCUT2D eigenvalue weighted by Crippen LogP contribution is -2.52. The number of nitrogens with zero attached hydrogens (tertiary/aromatic N) is 2. The van der Waals surface area contributed by atoms with Crippen molar-refractivity contribution in [1.29, 1.82) is 0 Å². The molecule has 28 heavy (non-hydrogen) atoms. The van der Waals surface area contributed by atoms with Crippen LogP contribution in [-0.2, 0) is 16.2 Å². The van der Waals surface area contributed by atoms with Gasteiger partial charge in [-0.2, -0.15) is 0 Å². The van der Waals surface area contributed by atoms with Crippen molar-refractivity contribution in [2.24, 2.45) is 0 Å². The Morgan fingerprint density at radius 3 is 2.00 bits per heavy atom. The molecule has 0 unspecified atom stereocenters. The molecule has 1 fully saturated rings. The Labute approximate surface area is 179 Å². The summed E-state index contributed by atoms with van der Waals surface area (Å²) in [6, 6.07) is 12.6. The standard InChI is InChI=1S/C20H16Br2N2O4/c1-23-18(25)14(19(26)24(2)20(23)27)8-13-9-15(21)17(16(22)10-13)28-11-12-6-4-3-5-7-12/h3-10H,11H2,1-2H3. The summed E-state index contributed by atoms with van der Waals surface area (Å²) >= 11 is 6.94. The maximum absolute atomic E-state index is 12.3. The van der Waals surface area contributed by atoms with Crippen LogP contribution in [0.5, 0.6) is 5.75 Å². The summed E-state index contributed by atoms with van der Waals surface area (Å²) in [5.74, 6) is -0.661. The average molecular weight is 508 g/mol. The Hall–Kier alpha value is -2.45. The summed E-state index contributed by atoms with van der Waals surface area (Å²) in [5.41, 5.74) is 1.56. The molecule has 1 heterocycles. The van der Waals surface area contributed by atoms with E-state index in [1.165, 1.54) is 20.2 Å². The molecule has 2 aromatic carbocycles. The van der Waals surface area contributed by atoms with Gasteiger partial charge in [0.2, 0.25) is 0 Å². The second kappa shape index (κ2) is 8.28. The van der Waals surface area contributed by atoms with E-state index in [4.69, 9.17) is 4.74 Å². The monoisotopic (exact) mass is 506 g/mol. The number of barbiturate groups is 1. The van der Waals surface area contributed by atoms with E-state index in [0.29, 0.717) is 26.9 Å². The number of amides is 4. The molecular weight excluding hydrogens is 492 g/mol. The summed E-state index contributed by atoms with van der Waals surface area (Å²) < 4.78 is 7.21. The van der Waals surface area contributed by atoms with Gasteiger partial charge in [0.15, 0.2) is 0 Å². The molecule has 3 rings (SSSR count). The van der Waals surface area contributed by atoms with Gasteiger partial charge in [-0.1, -0.05) is 30.3 Å². The Bertz CT molecular complexity index is 940. The van der Waals surface area contributed by atoms with Crippen LogP contribution in [0.15, 0.2) is 57.0 Å². The van der Waals surface area contributed by atoms with Gasteiger partial charge in [0.1, 0.15) is 17.9 Å². The number of rotatable bonds is 4. The van der Waals surface area contributed by atoms with E-state index in [2.05, 4.69) is 31.9 Å². The van der Waals surface area contributed by atoms with Gasteiger partial charge in [0.25, 0.3) is 11.8 Å². The first-order chi connectivity index (χ1) is 13.3. The Balaban J connectivity index is 1.88. The molecule has 1 saturated heterocycles. The molecule has 1 aliphatic rings. The van der Waals surface area contributed by atoms with Crippen molar-refractivity contribution in [3.05, 3.63) is 68.1 Å². The summed E-state index contributed by atoms with van der Waals surface area (Å²) in [7, 11) is 2.68. The van der Waals surface area contributed by atoms with Crippen molar-refractivity contribution in [3.63, 3.8) is 0 Å². The highest BCUT2D eigenvalue weighted by Gasteiger charge is 2.37. The minimum absolute atomic E-state index is 0.0821. The van der Waals surface area contributed by atoms with Crippen molar-refractivity contribution in [2.45, 2.75) is 6.61 Å². The van der Waals surface area contributed by atoms with Gasteiger partial charge in [0.05, 0.1) is 8.95 Å². The molecule has 0 spiro atoms. The third-order valence-electron chi connectivity index (χ3n) is 4.20. The molecule has 8 heteroatoms. The van der Waals surface area contributed by atoms with E-state index in [-0.39, 0.29) is 5.57 Å². The van der Waals surface area contributed by atoms with E-state index in [0.717, 1.165) is 15.4 Å². The fourth-order valence-electron chi connectivity index (χ4n) is 2.67. The number of likely N-dealkylation sites (N-methyl/N-ethyl adjacent to an activating group) is 2. The number of carbonyl (C=O) groups is 3. The second-order valence-corrected chi connectivity index (χ2v) is 7.87. The molecule has 2 aromatic rings. The van der Waals surface area contributed by atoms with Crippen LogP contribution in [0.25, 0.3) is 6.08 Å². The number of urea groups is 1. The zero-order chi connectivity index (χ0) is 20.4. The van der Waals surface area contributed by atoms with Crippen LogP contribution < -0.4 is 4.74 Å². The lowest BCUT2D eigenvalue weighted by atomic mass is 10.1. The van der Waals surface area contributed by atoms with Gasteiger partial charge in [0, 0.05) is 14.1 Å². The number of benzene rings is 2. The van der Waals surface area contributed by atoms with Gasteiger partial charge in [-0.25, -0.2) is 4.79 Å². The van der Waals surface area contributed by atoms with Crippen LogP contribution in [0, 0.1) is 0 Å². The van der Waals surface area contributed by atoms with E-state index < -0.39 is 17.8 Å². The third kappa shape index (κ3) is 4.02. The van der Waals surface area contributed by atoms with E-state index in [1.807, 2.05) is 30.3 Å². The smallest absolute Gasteiger partial charge is 0.333 e. The fraction of sp³-hybridized carbons (Fsp3) is 0.150. The third-order valence-corrected chi connectivity index (χ3v) is 5.38. The highest BCUT2D eigenvalue weighted by atomic mass is 79.9. The highest BCUT2D eigenvalue weighted by Crippen LogP contribution is 2.36. The molecule has 0 aliphatic carbocycles. The number of hydrogen-bond acceptors (Lipinski definition) is 4. The van der Waals surface area contributed by atoms with Crippen LogP contribution >= 0.6 is 31.9 Å². The van der Waals surface area contributed by atoms with Crippen molar-refractivity contribution >= 4 is 55.8 Å². The lowest BCUT2D eigenvalue weighted by Gasteiger charge is -2.28. The molecule has 0 N–H and O–H groups in total. The molecule has 1 aliphatic heterocycles. The molecule has 0 aromatic heterocycles. The first-order valence-corrected chi connectivity index (χ1v) is 9.85. The second-order valence-electron chi connectivity index (χ2n) is 6.16. The Morgan fingerprint density at radius 1 is 0.929 bits per heavy atom. The van der Waals surface area contributed by atoms with Gasteiger partial charge in [-0.15, -0.1) is 0 Å². The van der Waals surface area contributed by atoms with Crippen molar-refractivity contribution in [3.8, 4) is 5.75 Å². The summed E-state index contributed by atoms with van der Waals surface area (Å²) in [6.45, 7) is 0.396. The molecule has 0 atom stereocenters. The van der Waals surface area contributed by atoms with Gasteiger partial charge < -0.3 is 4.74 Å². The normalized spacial score (nSPS) is 14.6. The van der Waals surface area contributed by atoms with Crippen LogP contribution in [0.2, 0.25) is 0 Å². The number of imide groups is 2. The maximum Gasteiger partial charge on any atom is 0.333 e. The number of hydrogen-bond donors (Lipinski definition) is 0. The molecule has 0 saturated carbocycles. The van der Waals surface area contributed by atoms with Crippen molar-refractivity contribution < 1.29 is 19.1 Å². The zero-order valence-electron chi connectivity index (χ0n) is 15.1. The molecule has 0 radical (unpaired) electrons. The van der Waals surface area contributed by atoms with Crippen molar-refractivity contribution in [1.82, 2.24) is 9.80 Å². The molecule has 0 bridgehead atoms. The van der Waals surface area contributed by atoms with Gasteiger partial charge >= 0.3 is 6.03 Å². The van der Waals surface area contributed by atoms with Gasteiger partial charge in [-0.3, -0.25) is 19.4 Å². The average Bonchev–Trinajstić information content (AvgIpc) is 2.68. The SMILES string of the molecule is CN1C(=O)C(=Cc2cc(Br)c(OCc3ccccc3)c(Br)c2)C(=O)N(C)C1=O. The largest absolute Gasteiger partial charge is 0.487 e. The number of carbonyl (C=O) groups excluding carboxylic acids is 3. The quantitative estimate of drug-likeness (QED) is 0.459. The van der Waals surface area contributed by atoms with E-state index in [9.17, 15) is 14.4 Å². The predicted molar refractivity (Wildman–Crippen MR) is 112 cm³/mol. The maximum atomic E-state index is 12.3. The predicted octanol–water partition coefficient (Wildman–Crippen LogP) is 4.22. The van der Waals surface area contributed by atoms with Crippen LogP contribution in [-0.4, -0.2) is 41.7 Å². The zero-order valence-corrected chi connectivity index (χ0v) is 18.3. The Kier molecular flexibility index (Phi) is 6.00.